The number of piperidine rings is 2. The van der Waals surface area contributed by atoms with Crippen LogP contribution in [0.15, 0.2) is 18.2 Å². The Hall–Kier alpha value is -2.48. The van der Waals surface area contributed by atoms with E-state index in [1.165, 1.54) is 56.3 Å². The summed E-state index contributed by atoms with van der Waals surface area (Å²) in [6.07, 6.45) is 10.3. The number of likely N-dealkylation sites (tertiary alicyclic amines) is 2. The summed E-state index contributed by atoms with van der Waals surface area (Å²) in [6, 6.07) is 7.18. The van der Waals surface area contributed by atoms with Gasteiger partial charge in [0.15, 0.2) is 28.8 Å². The first-order valence-electron chi connectivity index (χ1n) is 16.1. The molecule has 4 aliphatic heterocycles. The van der Waals surface area contributed by atoms with Gasteiger partial charge >= 0.3 is 0 Å². The fraction of sp³-hybridized carbons (Fsp3) is 0.629. The lowest BCUT2D eigenvalue weighted by atomic mass is 9.74. The summed E-state index contributed by atoms with van der Waals surface area (Å²) in [5.41, 5.74) is 4.54. The van der Waals surface area contributed by atoms with Crippen LogP contribution in [-0.2, 0) is 19.3 Å². The van der Waals surface area contributed by atoms with Gasteiger partial charge in [0, 0.05) is 34.7 Å². The molecule has 0 unspecified atom stereocenters. The van der Waals surface area contributed by atoms with Crippen LogP contribution < -0.4 is 18.9 Å². The summed E-state index contributed by atoms with van der Waals surface area (Å²) < 4.78 is 22.2. The molecular formula is C35H47ClN2O5. The summed E-state index contributed by atoms with van der Waals surface area (Å²) in [4.78, 5) is 18.3. The van der Waals surface area contributed by atoms with Gasteiger partial charge in [-0.15, -0.1) is 0 Å². The van der Waals surface area contributed by atoms with Gasteiger partial charge in [-0.05, 0) is 107 Å². The summed E-state index contributed by atoms with van der Waals surface area (Å²) >= 11 is 6.44. The lowest BCUT2D eigenvalue weighted by Gasteiger charge is -2.44. The van der Waals surface area contributed by atoms with Crippen LogP contribution in [-0.4, -0.2) is 67.4 Å². The van der Waals surface area contributed by atoms with Gasteiger partial charge in [-0.25, -0.2) is 0 Å². The summed E-state index contributed by atoms with van der Waals surface area (Å²) in [5.74, 6) is 4.26. The second-order valence-corrected chi connectivity index (χ2v) is 13.1. The Kier molecular flexibility index (Phi) is 9.14. The van der Waals surface area contributed by atoms with E-state index in [0.29, 0.717) is 28.9 Å². The summed E-state index contributed by atoms with van der Waals surface area (Å²) in [5, 5.41) is 0.632. The normalized spacial score (nSPS) is 26.7. The highest BCUT2D eigenvalue weighted by atomic mass is 35.5. The number of fused-ring (bicyclic) bond motifs is 8. The van der Waals surface area contributed by atoms with E-state index in [1.54, 1.807) is 6.07 Å². The minimum atomic E-state index is 0. The van der Waals surface area contributed by atoms with Gasteiger partial charge in [-0.1, -0.05) is 38.9 Å². The molecule has 0 radical (unpaired) electrons. The van der Waals surface area contributed by atoms with Crippen molar-refractivity contribution in [3.63, 3.8) is 0 Å². The molecule has 234 valence electrons. The molecule has 0 spiro atoms. The zero-order valence-corrected chi connectivity index (χ0v) is 25.7. The number of carbonyl (C=O) groups excluding carboxylic acids is 1. The summed E-state index contributed by atoms with van der Waals surface area (Å²) in [7, 11) is 0. The lowest BCUT2D eigenvalue weighted by Crippen LogP contribution is -2.51. The van der Waals surface area contributed by atoms with Crippen molar-refractivity contribution in [1.29, 1.82) is 0 Å². The Morgan fingerprint density at radius 2 is 1.51 bits per heavy atom. The third-order valence-electron chi connectivity index (χ3n) is 10.3. The van der Waals surface area contributed by atoms with E-state index in [2.05, 4.69) is 35.8 Å². The number of halogens is 1. The average Bonchev–Trinajstić information content (AvgIpc) is 3.68. The van der Waals surface area contributed by atoms with Crippen molar-refractivity contribution in [3.05, 3.63) is 45.5 Å². The number of nitrogens with zero attached hydrogens (tertiary/aromatic N) is 2. The number of hydrogen-bond donors (Lipinski definition) is 0. The number of Topliss-reactive ketones (excluding diaryl/α,β-unsaturated/α-hetero) is 1. The van der Waals surface area contributed by atoms with Crippen LogP contribution in [0.1, 0.15) is 86.8 Å². The molecular weight excluding hydrogens is 564 g/mol. The van der Waals surface area contributed by atoms with Crippen LogP contribution in [0.4, 0.5) is 0 Å². The topological polar surface area (TPSA) is 60.5 Å². The zero-order valence-electron chi connectivity index (χ0n) is 25.0. The molecule has 8 heteroatoms. The number of hydrogen-bond acceptors (Lipinski definition) is 7. The molecule has 2 saturated heterocycles. The van der Waals surface area contributed by atoms with E-state index >= 15 is 0 Å². The Labute approximate surface area is 261 Å². The molecule has 4 heterocycles. The molecule has 2 aromatic carbocycles. The number of ketones is 1. The van der Waals surface area contributed by atoms with Crippen LogP contribution in [0, 0.1) is 11.8 Å². The van der Waals surface area contributed by atoms with Crippen LogP contribution >= 0.6 is 11.6 Å². The maximum atomic E-state index is 13.1. The van der Waals surface area contributed by atoms with Crippen LogP contribution in [0.2, 0.25) is 5.02 Å². The fourth-order valence-electron chi connectivity index (χ4n) is 8.46. The van der Waals surface area contributed by atoms with E-state index in [1.807, 2.05) is 0 Å². The predicted molar refractivity (Wildman–Crippen MR) is 169 cm³/mol. The molecule has 7 nitrogen and oxygen atoms in total. The van der Waals surface area contributed by atoms with Crippen molar-refractivity contribution in [1.82, 2.24) is 9.80 Å². The van der Waals surface area contributed by atoms with Crippen molar-refractivity contribution < 1.29 is 23.7 Å². The average molecular weight is 611 g/mol. The minimum absolute atomic E-state index is 0. The molecule has 2 fully saturated rings. The van der Waals surface area contributed by atoms with Gasteiger partial charge in [-0.2, -0.15) is 0 Å². The molecule has 2 aliphatic carbocycles. The Morgan fingerprint density at radius 1 is 0.814 bits per heavy atom. The van der Waals surface area contributed by atoms with Crippen LogP contribution in [0.5, 0.6) is 23.0 Å². The van der Waals surface area contributed by atoms with Gasteiger partial charge in [0.2, 0.25) is 13.6 Å². The second kappa shape index (κ2) is 12.9. The number of carbonyl (C=O) groups is 1. The van der Waals surface area contributed by atoms with Gasteiger partial charge in [-0.3, -0.25) is 14.6 Å². The number of rotatable bonds is 4. The molecule has 0 N–H and O–H groups in total. The second-order valence-electron chi connectivity index (χ2n) is 12.7. The predicted octanol–water partition coefficient (Wildman–Crippen LogP) is 6.94. The number of benzene rings is 2. The molecule has 8 rings (SSSR count). The highest BCUT2D eigenvalue weighted by Crippen LogP contribution is 2.48. The molecule has 0 saturated carbocycles. The lowest BCUT2D eigenvalue weighted by molar-refractivity contribution is 0.0583. The van der Waals surface area contributed by atoms with Gasteiger partial charge in [0.05, 0.1) is 5.56 Å². The first-order valence-corrected chi connectivity index (χ1v) is 16.5. The fourth-order valence-corrected chi connectivity index (χ4v) is 8.73. The maximum absolute atomic E-state index is 13.1. The van der Waals surface area contributed by atoms with E-state index in [0.717, 1.165) is 67.8 Å². The van der Waals surface area contributed by atoms with Gasteiger partial charge < -0.3 is 18.9 Å². The van der Waals surface area contributed by atoms with Crippen LogP contribution in [0.3, 0.4) is 0 Å². The van der Waals surface area contributed by atoms with Crippen molar-refractivity contribution in [2.24, 2.45) is 11.8 Å². The molecule has 2 aromatic rings. The molecule has 6 aliphatic rings. The molecule has 0 bridgehead atoms. The van der Waals surface area contributed by atoms with Gasteiger partial charge in [0.1, 0.15) is 0 Å². The first kappa shape index (κ1) is 30.5. The third-order valence-corrected chi connectivity index (χ3v) is 10.6. The highest BCUT2D eigenvalue weighted by Gasteiger charge is 2.44. The molecule has 0 amide bonds. The third kappa shape index (κ3) is 5.51. The van der Waals surface area contributed by atoms with E-state index < -0.39 is 0 Å². The van der Waals surface area contributed by atoms with Crippen molar-refractivity contribution in [2.45, 2.75) is 91.1 Å². The van der Waals surface area contributed by atoms with Crippen molar-refractivity contribution in [3.8, 4) is 23.0 Å². The van der Waals surface area contributed by atoms with Crippen molar-refractivity contribution >= 4 is 17.4 Å². The van der Waals surface area contributed by atoms with E-state index in [-0.39, 0.29) is 32.0 Å². The number of ether oxygens (including phenoxy) is 4. The van der Waals surface area contributed by atoms with Crippen LogP contribution in [0.25, 0.3) is 0 Å². The maximum Gasteiger partial charge on any atom is 0.231 e. The first-order chi connectivity index (χ1) is 20.6. The van der Waals surface area contributed by atoms with E-state index in [9.17, 15) is 4.79 Å². The van der Waals surface area contributed by atoms with E-state index in [4.69, 9.17) is 30.5 Å². The SMILES string of the molecule is C.CCCN1CCC[C@@H]2C(=O)c3c(c(Cl)cc4c3OCO4)C[C@H]21.CCCN1CCC[C@@H]2Cc3c(ccc4c3OCO4)C[C@H]21. The Morgan fingerprint density at radius 3 is 2.28 bits per heavy atom. The van der Waals surface area contributed by atoms with Crippen molar-refractivity contribution in [2.75, 3.05) is 39.8 Å². The molecule has 4 atom stereocenters. The summed E-state index contributed by atoms with van der Waals surface area (Å²) in [6.45, 7) is 9.71. The smallest absolute Gasteiger partial charge is 0.231 e. The quantitative estimate of drug-likeness (QED) is 0.372. The Balaban J connectivity index is 0.000000150. The molecule has 0 aromatic heterocycles. The molecule has 43 heavy (non-hydrogen) atoms. The van der Waals surface area contributed by atoms with Gasteiger partial charge in [0.25, 0.3) is 0 Å². The largest absolute Gasteiger partial charge is 0.454 e. The highest BCUT2D eigenvalue weighted by molar-refractivity contribution is 6.32. The monoisotopic (exact) mass is 610 g/mol. The standard InChI is InChI=1S/C17H20ClNO3.C17H23NO2.CH4/c1-2-5-19-6-3-4-10-13(19)7-11-12(18)8-14-17(22-9-21-14)15(11)16(10)20;1-2-7-18-8-3-4-13-9-14-12(10-15(13)18)5-6-16-17(14)20-11-19-16;/h8,10,13H,2-7,9H2,1H3;5-6,13,15H,2-4,7-11H2,1H3;1H4/t10-,13+;13-,15-;/m01./s1. The Bertz CT molecular complexity index is 1340. The minimum Gasteiger partial charge on any atom is -0.454 e. The zero-order chi connectivity index (χ0) is 28.8.